The van der Waals surface area contributed by atoms with Gasteiger partial charge in [-0.05, 0) is 48.0 Å². The molecule has 7 nitrogen and oxygen atoms in total. The number of hydrogen-bond acceptors (Lipinski definition) is 7. The molecule has 2 N–H and O–H groups in total. The molecule has 2 atom stereocenters. The SMILES string of the molecule is CCOC(=O)C1=Cc2cc(Br)cc(Br)c2O[C@]1(N)[C@@H](C#N)C(=O)OCC. The maximum atomic E-state index is 12.5. The molecular formula is C17H16Br2N2O5. The lowest BCUT2D eigenvalue weighted by molar-refractivity contribution is -0.152. The largest absolute Gasteiger partial charge is 0.465 e. The fraction of sp³-hybridized carbons (Fsp3) is 0.353. The molecule has 0 bridgehead atoms. The van der Waals surface area contributed by atoms with Crippen molar-refractivity contribution in [2.75, 3.05) is 13.2 Å². The molecule has 0 unspecified atom stereocenters. The van der Waals surface area contributed by atoms with Gasteiger partial charge in [0, 0.05) is 10.0 Å². The Morgan fingerprint density at radius 1 is 1.31 bits per heavy atom. The number of ether oxygens (including phenoxy) is 3. The van der Waals surface area contributed by atoms with Gasteiger partial charge in [-0.1, -0.05) is 15.9 Å². The third-order valence-electron chi connectivity index (χ3n) is 3.60. The zero-order chi connectivity index (χ0) is 19.5. The van der Waals surface area contributed by atoms with Crippen LogP contribution in [0.3, 0.4) is 0 Å². The molecule has 1 aromatic rings. The van der Waals surface area contributed by atoms with Gasteiger partial charge in [-0.15, -0.1) is 0 Å². The Labute approximate surface area is 167 Å². The summed E-state index contributed by atoms with van der Waals surface area (Å²) in [6.07, 6.45) is 1.45. The van der Waals surface area contributed by atoms with Crippen LogP contribution >= 0.6 is 31.9 Å². The van der Waals surface area contributed by atoms with Crippen molar-refractivity contribution in [3.8, 4) is 11.8 Å². The molecule has 26 heavy (non-hydrogen) atoms. The lowest BCUT2D eigenvalue weighted by Crippen LogP contribution is -2.59. The predicted octanol–water partition coefficient (Wildman–Crippen LogP) is 2.91. The van der Waals surface area contributed by atoms with E-state index in [1.54, 1.807) is 32.0 Å². The topological polar surface area (TPSA) is 112 Å². The van der Waals surface area contributed by atoms with Crippen molar-refractivity contribution in [1.29, 1.82) is 5.26 Å². The van der Waals surface area contributed by atoms with Gasteiger partial charge in [0.05, 0.1) is 29.3 Å². The predicted molar refractivity (Wildman–Crippen MR) is 99.7 cm³/mol. The molecule has 0 amide bonds. The number of nitriles is 1. The Hall–Kier alpha value is -1.89. The van der Waals surface area contributed by atoms with E-state index >= 15 is 0 Å². The maximum absolute atomic E-state index is 12.5. The van der Waals surface area contributed by atoms with Crippen molar-refractivity contribution in [2.24, 2.45) is 11.7 Å². The van der Waals surface area contributed by atoms with Crippen molar-refractivity contribution in [3.63, 3.8) is 0 Å². The number of carbonyl (C=O) groups excluding carboxylic acids is 2. The van der Waals surface area contributed by atoms with Crippen LogP contribution in [0.2, 0.25) is 0 Å². The lowest BCUT2D eigenvalue weighted by Gasteiger charge is -2.37. The summed E-state index contributed by atoms with van der Waals surface area (Å²) in [4.78, 5) is 24.7. The van der Waals surface area contributed by atoms with Crippen molar-refractivity contribution in [3.05, 3.63) is 32.2 Å². The van der Waals surface area contributed by atoms with E-state index < -0.39 is 23.6 Å². The number of esters is 2. The Bertz CT molecular complexity index is 818. The van der Waals surface area contributed by atoms with Gasteiger partial charge in [-0.2, -0.15) is 5.26 Å². The highest BCUT2D eigenvalue weighted by Crippen LogP contribution is 2.43. The third kappa shape index (κ3) is 3.77. The number of hydrogen-bond donors (Lipinski definition) is 1. The van der Waals surface area contributed by atoms with Gasteiger partial charge in [-0.3, -0.25) is 10.5 Å². The summed E-state index contributed by atoms with van der Waals surface area (Å²) in [6, 6.07) is 5.22. The first-order valence-electron chi connectivity index (χ1n) is 7.70. The average Bonchev–Trinajstić information content (AvgIpc) is 2.56. The number of halogens is 2. The molecule has 0 saturated carbocycles. The van der Waals surface area contributed by atoms with E-state index in [9.17, 15) is 14.9 Å². The second-order valence-electron chi connectivity index (χ2n) is 5.29. The highest BCUT2D eigenvalue weighted by Gasteiger charge is 2.52. The maximum Gasteiger partial charge on any atom is 0.339 e. The lowest BCUT2D eigenvalue weighted by atomic mass is 9.86. The molecule has 1 heterocycles. The van der Waals surface area contributed by atoms with Gasteiger partial charge in [0.25, 0.3) is 0 Å². The van der Waals surface area contributed by atoms with Gasteiger partial charge in [0.2, 0.25) is 11.6 Å². The van der Waals surface area contributed by atoms with E-state index in [1.807, 2.05) is 0 Å². The zero-order valence-electron chi connectivity index (χ0n) is 14.0. The van der Waals surface area contributed by atoms with Gasteiger partial charge >= 0.3 is 11.9 Å². The number of benzene rings is 1. The Morgan fingerprint density at radius 2 is 1.96 bits per heavy atom. The molecule has 0 aliphatic carbocycles. The van der Waals surface area contributed by atoms with E-state index in [1.165, 1.54) is 6.08 Å². The number of fused-ring (bicyclic) bond motifs is 1. The fourth-order valence-corrected chi connectivity index (χ4v) is 3.82. The average molecular weight is 488 g/mol. The van der Waals surface area contributed by atoms with E-state index in [0.29, 0.717) is 15.8 Å². The van der Waals surface area contributed by atoms with Gasteiger partial charge in [0.1, 0.15) is 5.75 Å². The van der Waals surface area contributed by atoms with Crippen molar-refractivity contribution in [2.45, 2.75) is 19.6 Å². The summed E-state index contributed by atoms with van der Waals surface area (Å²) in [5.74, 6) is -2.93. The highest BCUT2D eigenvalue weighted by molar-refractivity contribution is 9.11. The smallest absolute Gasteiger partial charge is 0.339 e. The molecule has 0 spiro atoms. The molecule has 1 aromatic carbocycles. The minimum Gasteiger partial charge on any atom is -0.465 e. The van der Waals surface area contributed by atoms with Crippen LogP contribution in [0.5, 0.6) is 5.75 Å². The van der Waals surface area contributed by atoms with E-state index in [0.717, 1.165) is 4.47 Å². The molecule has 1 aliphatic rings. The van der Waals surface area contributed by atoms with Crippen molar-refractivity contribution in [1.82, 2.24) is 0 Å². The molecule has 0 aromatic heterocycles. The van der Waals surface area contributed by atoms with E-state index in [-0.39, 0.29) is 18.8 Å². The molecular weight excluding hydrogens is 472 g/mol. The van der Waals surface area contributed by atoms with Crippen LogP contribution in [0.15, 0.2) is 26.7 Å². The quantitative estimate of drug-likeness (QED) is 0.635. The molecule has 9 heteroatoms. The Morgan fingerprint density at radius 3 is 2.54 bits per heavy atom. The molecule has 0 saturated heterocycles. The van der Waals surface area contributed by atoms with Crippen molar-refractivity contribution < 1.29 is 23.8 Å². The van der Waals surface area contributed by atoms with Crippen LogP contribution in [0.4, 0.5) is 0 Å². The van der Waals surface area contributed by atoms with Crippen LogP contribution in [-0.4, -0.2) is 30.9 Å². The molecule has 0 fully saturated rings. The molecule has 1 aliphatic heterocycles. The molecule has 0 radical (unpaired) electrons. The summed E-state index contributed by atoms with van der Waals surface area (Å²) in [5, 5.41) is 9.52. The summed E-state index contributed by atoms with van der Waals surface area (Å²) in [5.41, 5.74) is 4.63. The third-order valence-corrected chi connectivity index (χ3v) is 4.65. The second kappa shape index (κ2) is 8.20. The second-order valence-corrected chi connectivity index (χ2v) is 7.06. The van der Waals surface area contributed by atoms with Crippen LogP contribution in [0.1, 0.15) is 19.4 Å². The molecule has 2 rings (SSSR count). The fourth-order valence-electron chi connectivity index (χ4n) is 2.48. The summed E-state index contributed by atoms with van der Waals surface area (Å²) < 4.78 is 17.0. The number of rotatable bonds is 5. The van der Waals surface area contributed by atoms with E-state index in [4.69, 9.17) is 19.9 Å². The minimum atomic E-state index is -2.06. The first-order chi connectivity index (χ1) is 12.3. The van der Waals surface area contributed by atoms with Crippen LogP contribution in [0.25, 0.3) is 6.08 Å². The number of nitrogens with two attached hydrogens (primary N) is 1. The minimum absolute atomic E-state index is 0.0543. The van der Waals surface area contributed by atoms with Crippen molar-refractivity contribution >= 4 is 49.9 Å². The summed E-state index contributed by atoms with van der Waals surface area (Å²) in [7, 11) is 0. The molecule has 138 valence electrons. The first-order valence-corrected chi connectivity index (χ1v) is 9.29. The number of carbonyl (C=O) groups is 2. The monoisotopic (exact) mass is 486 g/mol. The Balaban J connectivity index is 2.65. The Kier molecular flexibility index (Phi) is 6.44. The summed E-state index contributed by atoms with van der Waals surface area (Å²) >= 11 is 6.71. The highest BCUT2D eigenvalue weighted by atomic mass is 79.9. The standard InChI is InChI=1S/C17H16Br2N2O5/c1-3-24-15(22)11-6-9-5-10(18)7-13(19)14(9)26-17(11,21)12(8-20)16(23)25-4-2/h5-7,12H,3-4,21H2,1-2H3/t12-,17-/m0/s1. The van der Waals surface area contributed by atoms with Crippen LogP contribution < -0.4 is 10.5 Å². The van der Waals surface area contributed by atoms with Gasteiger partial charge in [-0.25, -0.2) is 4.79 Å². The van der Waals surface area contributed by atoms with Gasteiger partial charge in [0.15, 0.2) is 0 Å². The van der Waals surface area contributed by atoms with Crippen LogP contribution in [-0.2, 0) is 19.1 Å². The number of nitrogens with zero attached hydrogens (tertiary/aromatic N) is 1. The summed E-state index contributed by atoms with van der Waals surface area (Å²) in [6.45, 7) is 3.38. The van der Waals surface area contributed by atoms with Crippen LogP contribution in [0, 0.1) is 17.2 Å². The first kappa shape index (κ1) is 20.4. The zero-order valence-corrected chi connectivity index (χ0v) is 17.2. The normalized spacial score (nSPS) is 19.3. The van der Waals surface area contributed by atoms with Gasteiger partial charge < -0.3 is 14.2 Å². The van der Waals surface area contributed by atoms with E-state index in [2.05, 4.69) is 31.9 Å².